The summed E-state index contributed by atoms with van der Waals surface area (Å²) in [6.45, 7) is 7.45. The summed E-state index contributed by atoms with van der Waals surface area (Å²) in [5.41, 5.74) is 0.382. The van der Waals surface area contributed by atoms with E-state index in [1.54, 1.807) is 35.2 Å². The minimum absolute atomic E-state index is 0.160. The van der Waals surface area contributed by atoms with Gasteiger partial charge < -0.3 is 9.64 Å². The van der Waals surface area contributed by atoms with E-state index in [0.29, 0.717) is 10.8 Å². The Kier molecular flexibility index (Phi) is 4.94. The first-order valence-electron chi connectivity index (χ1n) is 7.29. The van der Waals surface area contributed by atoms with Crippen molar-refractivity contribution in [3.05, 3.63) is 41.3 Å². The van der Waals surface area contributed by atoms with Crippen LogP contribution in [0.1, 0.15) is 39.3 Å². The topological polar surface area (TPSA) is 60.2 Å². The van der Waals surface area contributed by atoms with Crippen LogP contribution in [-0.4, -0.2) is 38.4 Å². The molecule has 1 amide bonds. The summed E-state index contributed by atoms with van der Waals surface area (Å²) in [4.78, 5) is 18.0. The molecular formula is C16H21ClN4O2. The molecule has 0 N–H and O–H groups in total. The Morgan fingerprint density at radius 1 is 1.35 bits per heavy atom. The summed E-state index contributed by atoms with van der Waals surface area (Å²) in [7, 11) is 1.71. The number of rotatable bonds is 3. The van der Waals surface area contributed by atoms with E-state index in [9.17, 15) is 4.79 Å². The van der Waals surface area contributed by atoms with Crippen molar-refractivity contribution in [3.63, 3.8) is 0 Å². The zero-order chi connectivity index (χ0) is 17.2. The number of amides is 1. The van der Waals surface area contributed by atoms with Gasteiger partial charge in [-0.1, -0.05) is 17.7 Å². The number of pyridine rings is 1. The molecule has 124 valence electrons. The fraction of sp³-hybridized carbons (Fsp3) is 0.438. The van der Waals surface area contributed by atoms with Gasteiger partial charge in [0.15, 0.2) is 5.82 Å². The van der Waals surface area contributed by atoms with Crippen molar-refractivity contribution in [2.24, 2.45) is 0 Å². The van der Waals surface area contributed by atoms with Crippen LogP contribution in [0.25, 0.3) is 5.82 Å². The van der Waals surface area contributed by atoms with Crippen LogP contribution in [0.2, 0.25) is 5.02 Å². The molecule has 0 fully saturated rings. The Morgan fingerprint density at radius 3 is 2.52 bits per heavy atom. The molecule has 6 nitrogen and oxygen atoms in total. The number of carbonyl (C=O) groups excluding carboxylic acids is 1. The van der Waals surface area contributed by atoms with Gasteiger partial charge in [-0.05, 0) is 39.3 Å². The molecule has 0 unspecified atom stereocenters. The number of hydrogen-bond donors (Lipinski definition) is 0. The molecule has 0 aliphatic heterocycles. The Morgan fingerprint density at radius 2 is 2.04 bits per heavy atom. The standard InChI is InChI=1S/C16H21ClN4O2/c1-11(20(5)15(22)23-16(2,3)4)12-6-7-14(18-8-12)21-10-13(17)9-19-21/h6-11H,1-5H3/t11-/m0/s1. The van der Waals surface area contributed by atoms with Gasteiger partial charge in [-0.3, -0.25) is 0 Å². The number of hydrogen-bond acceptors (Lipinski definition) is 4. The number of ether oxygens (including phenoxy) is 1. The zero-order valence-corrected chi connectivity index (χ0v) is 14.7. The maximum Gasteiger partial charge on any atom is 0.410 e. The molecule has 0 spiro atoms. The van der Waals surface area contributed by atoms with Crippen LogP contribution in [-0.2, 0) is 4.74 Å². The first-order valence-corrected chi connectivity index (χ1v) is 7.67. The summed E-state index contributed by atoms with van der Waals surface area (Å²) in [5, 5.41) is 4.65. The number of carbonyl (C=O) groups is 1. The van der Waals surface area contributed by atoms with Crippen LogP contribution >= 0.6 is 11.6 Å². The lowest BCUT2D eigenvalue weighted by Gasteiger charge is -2.28. The minimum atomic E-state index is -0.521. The summed E-state index contributed by atoms with van der Waals surface area (Å²) >= 11 is 5.85. The molecule has 0 radical (unpaired) electrons. The summed E-state index contributed by atoms with van der Waals surface area (Å²) in [6.07, 6.45) is 4.58. The zero-order valence-electron chi connectivity index (χ0n) is 13.9. The molecule has 2 aromatic rings. The third kappa shape index (κ3) is 4.45. The van der Waals surface area contributed by atoms with Crippen molar-refractivity contribution in [1.82, 2.24) is 19.7 Å². The predicted octanol–water partition coefficient (Wildman–Crippen LogP) is 3.85. The van der Waals surface area contributed by atoms with Gasteiger partial charge >= 0.3 is 6.09 Å². The van der Waals surface area contributed by atoms with Crippen LogP contribution < -0.4 is 0 Å². The van der Waals surface area contributed by atoms with Gasteiger partial charge in [0.25, 0.3) is 0 Å². The Balaban J connectivity index is 2.10. The van der Waals surface area contributed by atoms with Crippen molar-refractivity contribution >= 4 is 17.7 Å². The van der Waals surface area contributed by atoms with Crippen LogP contribution in [0.3, 0.4) is 0 Å². The molecule has 0 saturated carbocycles. The van der Waals surface area contributed by atoms with Crippen molar-refractivity contribution in [1.29, 1.82) is 0 Å². The maximum absolute atomic E-state index is 12.1. The number of aromatic nitrogens is 3. The van der Waals surface area contributed by atoms with Gasteiger partial charge in [0.2, 0.25) is 0 Å². The Labute approximate surface area is 141 Å². The highest BCUT2D eigenvalue weighted by molar-refractivity contribution is 6.30. The van der Waals surface area contributed by atoms with Gasteiger partial charge in [0, 0.05) is 13.2 Å². The first-order chi connectivity index (χ1) is 10.7. The maximum atomic E-state index is 12.1. The van der Waals surface area contributed by atoms with Gasteiger partial charge in [-0.25, -0.2) is 14.5 Å². The molecule has 1 atom stereocenters. The number of halogens is 1. The van der Waals surface area contributed by atoms with E-state index in [-0.39, 0.29) is 12.1 Å². The summed E-state index contributed by atoms with van der Waals surface area (Å²) in [6, 6.07) is 3.58. The van der Waals surface area contributed by atoms with Crippen LogP contribution in [0.5, 0.6) is 0 Å². The lowest BCUT2D eigenvalue weighted by Crippen LogP contribution is -2.35. The second-order valence-corrected chi connectivity index (χ2v) is 6.76. The van der Waals surface area contributed by atoms with Crippen LogP contribution in [0, 0.1) is 0 Å². The van der Waals surface area contributed by atoms with E-state index < -0.39 is 5.60 Å². The Bertz CT molecular complexity index is 676. The van der Waals surface area contributed by atoms with Crippen LogP contribution in [0.4, 0.5) is 4.79 Å². The van der Waals surface area contributed by atoms with E-state index in [2.05, 4.69) is 10.1 Å². The second-order valence-electron chi connectivity index (χ2n) is 6.32. The third-order valence-electron chi connectivity index (χ3n) is 3.30. The molecule has 0 aliphatic carbocycles. The summed E-state index contributed by atoms with van der Waals surface area (Å²) in [5.74, 6) is 0.660. The van der Waals surface area contributed by atoms with E-state index in [1.807, 2.05) is 39.8 Å². The average Bonchev–Trinajstić information content (AvgIpc) is 2.90. The van der Waals surface area contributed by atoms with E-state index in [4.69, 9.17) is 16.3 Å². The molecule has 2 heterocycles. The van der Waals surface area contributed by atoms with Gasteiger partial charge in [-0.15, -0.1) is 0 Å². The third-order valence-corrected chi connectivity index (χ3v) is 3.50. The van der Waals surface area contributed by atoms with E-state index in [0.717, 1.165) is 5.56 Å². The van der Waals surface area contributed by atoms with Gasteiger partial charge in [-0.2, -0.15) is 5.10 Å². The average molecular weight is 337 g/mol. The largest absolute Gasteiger partial charge is 0.444 e. The molecule has 0 aromatic carbocycles. The lowest BCUT2D eigenvalue weighted by molar-refractivity contribution is 0.0233. The predicted molar refractivity (Wildman–Crippen MR) is 88.8 cm³/mol. The molecule has 23 heavy (non-hydrogen) atoms. The quantitative estimate of drug-likeness (QED) is 0.854. The van der Waals surface area contributed by atoms with E-state index in [1.165, 1.54) is 0 Å². The van der Waals surface area contributed by atoms with Gasteiger partial charge in [0.1, 0.15) is 5.60 Å². The van der Waals surface area contributed by atoms with E-state index >= 15 is 0 Å². The molecule has 2 rings (SSSR count). The highest BCUT2D eigenvalue weighted by Crippen LogP contribution is 2.21. The SMILES string of the molecule is C[C@@H](c1ccc(-n2cc(Cl)cn2)nc1)N(C)C(=O)OC(C)(C)C. The fourth-order valence-electron chi connectivity index (χ4n) is 1.92. The van der Waals surface area contributed by atoms with Gasteiger partial charge in [0.05, 0.1) is 23.5 Å². The second kappa shape index (κ2) is 6.58. The molecule has 0 saturated heterocycles. The van der Waals surface area contributed by atoms with Crippen molar-refractivity contribution in [3.8, 4) is 5.82 Å². The monoisotopic (exact) mass is 336 g/mol. The molecule has 2 aromatic heterocycles. The first kappa shape index (κ1) is 17.3. The molecule has 0 aliphatic rings. The minimum Gasteiger partial charge on any atom is -0.444 e. The fourth-order valence-corrected chi connectivity index (χ4v) is 2.06. The van der Waals surface area contributed by atoms with Crippen molar-refractivity contribution < 1.29 is 9.53 Å². The smallest absolute Gasteiger partial charge is 0.410 e. The Hall–Kier alpha value is -2.08. The van der Waals surface area contributed by atoms with Crippen LogP contribution in [0.15, 0.2) is 30.7 Å². The van der Waals surface area contributed by atoms with Crippen molar-refractivity contribution in [2.45, 2.75) is 39.3 Å². The van der Waals surface area contributed by atoms with Crippen molar-refractivity contribution in [2.75, 3.05) is 7.05 Å². The number of nitrogens with zero attached hydrogens (tertiary/aromatic N) is 4. The highest BCUT2D eigenvalue weighted by atomic mass is 35.5. The summed E-state index contributed by atoms with van der Waals surface area (Å²) < 4.78 is 6.97. The highest BCUT2D eigenvalue weighted by Gasteiger charge is 2.23. The lowest BCUT2D eigenvalue weighted by atomic mass is 10.1. The molecule has 7 heteroatoms. The molecular weight excluding hydrogens is 316 g/mol. The normalized spacial score (nSPS) is 12.8. The molecule has 0 bridgehead atoms.